The van der Waals surface area contributed by atoms with E-state index in [0.29, 0.717) is 11.7 Å². The first-order valence-electron chi connectivity index (χ1n) is 12.8. The molecule has 210 valence electrons. The molecule has 1 saturated carbocycles. The smallest absolute Gasteiger partial charge is 0.326 e. The van der Waals surface area contributed by atoms with Crippen LogP contribution >= 0.6 is 0 Å². The van der Waals surface area contributed by atoms with Crippen molar-refractivity contribution in [3.63, 3.8) is 0 Å². The first-order chi connectivity index (χ1) is 19.1. The lowest BCUT2D eigenvalue weighted by molar-refractivity contribution is -0.138. The maximum Gasteiger partial charge on any atom is 0.326 e. The third-order valence-corrected chi connectivity index (χ3v) is 7.54. The quantitative estimate of drug-likeness (QED) is 0.196. The summed E-state index contributed by atoms with van der Waals surface area (Å²) in [5.41, 5.74) is 1.70. The molecule has 2 aliphatic rings. The average Bonchev–Trinajstić information content (AvgIpc) is 2.97. The van der Waals surface area contributed by atoms with Gasteiger partial charge in [0.2, 0.25) is 5.82 Å². The maximum absolute atomic E-state index is 14.1. The number of rotatable bonds is 5. The van der Waals surface area contributed by atoms with Gasteiger partial charge < -0.3 is 15.2 Å². The van der Waals surface area contributed by atoms with Crippen LogP contribution in [-0.2, 0) is 4.79 Å². The molecule has 11 heteroatoms. The number of halogens is 5. The molecule has 0 spiro atoms. The van der Waals surface area contributed by atoms with E-state index in [1.807, 2.05) is 24.3 Å². The Labute approximate surface area is 226 Å². The van der Waals surface area contributed by atoms with E-state index in [2.05, 4.69) is 0 Å². The van der Waals surface area contributed by atoms with Crippen molar-refractivity contribution in [3.05, 3.63) is 77.1 Å². The van der Waals surface area contributed by atoms with Crippen LogP contribution in [0.15, 0.2) is 42.5 Å². The first-order valence-corrected chi connectivity index (χ1v) is 12.8. The molecule has 5 rings (SSSR count). The molecule has 2 amide bonds. The Balaban J connectivity index is 1.30. The Morgan fingerprint density at radius 1 is 0.850 bits per heavy atom. The topological polar surface area (TPSA) is 78.9 Å². The lowest BCUT2D eigenvalue weighted by Crippen LogP contribution is -2.41. The van der Waals surface area contributed by atoms with Gasteiger partial charge >= 0.3 is 12.0 Å². The summed E-state index contributed by atoms with van der Waals surface area (Å²) in [7, 11) is 0. The number of nitrogens with zero attached hydrogens (tertiary/aromatic N) is 1. The highest BCUT2D eigenvalue weighted by Crippen LogP contribution is 2.39. The molecule has 6 nitrogen and oxygen atoms in total. The molecule has 0 saturated heterocycles. The van der Waals surface area contributed by atoms with Crippen LogP contribution < -0.4 is 15.0 Å². The molecule has 0 atom stereocenters. The van der Waals surface area contributed by atoms with E-state index in [1.54, 1.807) is 23.5 Å². The molecule has 0 unspecified atom stereocenters. The molecule has 40 heavy (non-hydrogen) atoms. The number of urea groups is 1. The number of carboxylic acids is 1. The molecule has 1 aliphatic carbocycles. The van der Waals surface area contributed by atoms with Gasteiger partial charge in [0.25, 0.3) is 0 Å². The Morgan fingerprint density at radius 3 is 2.08 bits per heavy atom. The minimum absolute atomic E-state index is 0.0169. The van der Waals surface area contributed by atoms with Gasteiger partial charge in [-0.2, -0.15) is 0 Å². The van der Waals surface area contributed by atoms with E-state index in [1.165, 1.54) is 5.56 Å². The van der Waals surface area contributed by atoms with Gasteiger partial charge in [0.15, 0.2) is 23.3 Å². The molecule has 3 aromatic carbocycles. The minimum Gasteiger partial charge on any atom is -0.490 e. The van der Waals surface area contributed by atoms with E-state index >= 15 is 0 Å². The standard InChI is InChI=1S/C29H25F5N2O4/c30-23-24(31)26(33)28(27(34)25(23)32)35-29(39)36-11-12-40-21-14-19(9-10-20(21)36)18-7-5-17(6-8-18)16-3-1-15(2-4-16)13-22(37)38/h5-10,14-16H,1-4,11-13H2,(H,35,39)(H,37,38). The Hall–Kier alpha value is -4.15. The second-order valence-corrected chi connectivity index (χ2v) is 10.00. The van der Waals surface area contributed by atoms with Crippen LogP contribution in [0, 0.1) is 35.0 Å². The number of nitrogens with one attached hydrogen (secondary N) is 1. The van der Waals surface area contributed by atoms with E-state index in [0.717, 1.165) is 41.7 Å². The number of hydrogen-bond donors (Lipinski definition) is 2. The second kappa shape index (κ2) is 11.1. The van der Waals surface area contributed by atoms with Crippen LogP contribution in [0.2, 0.25) is 0 Å². The predicted octanol–water partition coefficient (Wildman–Crippen LogP) is 7.23. The van der Waals surface area contributed by atoms with Crippen LogP contribution in [0.3, 0.4) is 0 Å². The predicted molar refractivity (Wildman–Crippen MR) is 137 cm³/mol. The number of amides is 2. The molecule has 0 radical (unpaired) electrons. The first kappa shape index (κ1) is 27.4. The lowest BCUT2D eigenvalue weighted by atomic mass is 9.77. The van der Waals surface area contributed by atoms with Crippen molar-refractivity contribution >= 4 is 23.4 Å². The number of anilines is 2. The fourth-order valence-corrected chi connectivity index (χ4v) is 5.39. The third-order valence-electron chi connectivity index (χ3n) is 7.54. The van der Waals surface area contributed by atoms with E-state index < -0.39 is 46.8 Å². The van der Waals surface area contributed by atoms with Crippen LogP contribution in [0.1, 0.15) is 43.6 Å². The van der Waals surface area contributed by atoms with Crippen molar-refractivity contribution in [3.8, 4) is 16.9 Å². The molecular formula is C29H25F5N2O4. The van der Waals surface area contributed by atoms with E-state index in [-0.39, 0.29) is 31.2 Å². The number of carbonyl (C=O) groups excluding carboxylic acids is 1. The highest BCUT2D eigenvalue weighted by atomic mass is 19.2. The van der Waals surface area contributed by atoms with Gasteiger partial charge in [-0.25, -0.2) is 26.7 Å². The van der Waals surface area contributed by atoms with Crippen molar-refractivity contribution < 1.29 is 41.4 Å². The molecule has 3 aromatic rings. The van der Waals surface area contributed by atoms with Gasteiger partial charge in [0.1, 0.15) is 18.0 Å². The SMILES string of the molecule is O=C(O)CC1CCC(c2ccc(-c3ccc4c(c3)OCCN4C(=O)Nc3c(F)c(F)c(F)c(F)c3F)cc2)CC1. The lowest BCUT2D eigenvalue weighted by Gasteiger charge is -2.30. The second-order valence-electron chi connectivity index (χ2n) is 10.00. The fourth-order valence-electron chi connectivity index (χ4n) is 5.39. The Bertz CT molecular complexity index is 1430. The van der Waals surface area contributed by atoms with Crippen molar-refractivity contribution in [2.75, 3.05) is 23.4 Å². The normalized spacial score (nSPS) is 18.6. The number of hydrogen-bond acceptors (Lipinski definition) is 3. The zero-order valence-electron chi connectivity index (χ0n) is 21.2. The highest BCUT2D eigenvalue weighted by Gasteiger charge is 2.30. The zero-order chi connectivity index (χ0) is 28.6. The summed E-state index contributed by atoms with van der Waals surface area (Å²) < 4.78 is 74.3. The maximum atomic E-state index is 14.1. The average molecular weight is 561 g/mol. The molecule has 1 heterocycles. The zero-order valence-corrected chi connectivity index (χ0v) is 21.2. The summed E-state index contributed by atoms with van der Waals surface area (Å²) in [5.74, 6) is -10.7. The van der Waals surface area contributed by atoms with E-state index in [4.69, 9.17) is 9.84 Å². The number of aliphatic carboxylic acids is 1. The van der Waals surface area contributed by atoms with Gasteiger partial charge in [0, 0.05) is 6.42 Å². The molecule has 1 fully saturated rings. The highest BCUT2D eigenvalue weighted by molar-refractivity contribution is 6.03. The molecule has 2 N–H and O–H groups in total. The summed E-state index contributed by atoms with van der Waals surface area (Å²) >= 11 is 0. The number of ether oxygens (including phenoxy) is 1. The Morgan fingerprint density at radius 2 is 1.45 bits per heavy atom. The van der Waals surface area contributed by atoms with Crippen molar-refractivity contribution in [1.82, 2.24) is 0 Å². The number of fused-ring (bicyclic) bond motifs is 1. The summed E-state index contributed by atoms with van der Waals surface area (Å²) in [6, 6.07) is 12.0. The van der Waals surface area contributed by atoms with Crippen LogP contribution in [0.5, 0.6) is 5.75 Å². The van der Waals surface area contributed by atoms with Gasteiger partial charge in [-0.3, -0.25) is 9.69 Å². The summed E-state index contributed by atoms with van der Waals surface area (Å²) in [6.07, 6.45) is 3.85. The molecule has 1 aliphatic heterocycles. The Kier molecular flexibility index (Phi) is 7.64. The van der Waals surface area contributed by atoms with E-state index in [9.17, 15) is 31.5 Å². The van der Waals surface area contributed by atoms with Gasteiger partial charge in [-0.1, -0.05) is 30.3 Å². The molecular weight excluding hydrogens is 535 g/mol. The summed E-state index contributed by atoms with van der Waals surface area (Å²) in [5, 5.41) is 10.8. The summed E-state index contributed by atoms with van der Waals surface area (Å²) in [6.45, 7) is 0.0292. The largest absolute Gasteiger partial charge is 0.490 e. The summed E-state index contributed by atoms with van der Waals surface area (Å²) in [4.78, 5) is 24.9. The van der Waals surface area contributed by atoms with Crippen molar-refractivity contribution in [2.24, 2.45) is 5.92 Å². The molecule has 0 aromatic heterocycles. The van der Waals surface area contributed by atoms with Gasteiger partial charge in [-0.15, -0.1) is 0 Å². The van der Waals surface area contributed by atoms with Crippen LogP contribution in [0.25, 0.3) is 11.1 Å². The third kappa shape index (κ3) is 5.32. The number of carboxylic acid groups (broad SMARTS) is 1. The number of benzene rings is 3. The number of carbonyl (C=O) groups is 2. The van der Waals surface area contributed by atoms with Crippen LogP contribution in [0.4, 0.5) is 38.1 Å². The van der Waals surface area contributed by atoms with Crippen molar-refractivity contribution in [1.29, 1.82) is 0 Å². The monoisotopic (exact) mass is 560 g/mol. The molecule has 0 bridgehead atoms. The fraction of sp³-hybridized carbons (Fsp3) is 0.310. The van der Waals surface area contributed by atoms with Gasteiger partial charge in [-0.05, 0) is 66.3 Å². The minimum atomic E-state index is -2.31. The van der Waals surface area contributed by atoms with Crippen molar-refractivity contribution in [2.45, 2.75) is 38.0 Å². The van der Waals surface area contributed by atoms with Gasteiger partial charge in [0.05, 0.1) is 12.2 Å². The van der Waals surface area contributed by atoms with Crippen LogP contribution in [-0.4, -0.2) is 30.3 Å².